The number of carbonyl (C=O) groups excluding carboxylic acids is 1. The lowest BCUT2D eigenvalue weighted by molar-refractivity contribution is 0.0952. The summed E-state index contributed by atoms with van der Waals surface area (Å²) in [6, 6.07) is 3.05. The van der Waals surface area contributed by atoms with Crippen molar-refractivity contribution in [2.24, 2.45) is 0 Å². The Morgan fingerprint density at radius 1 is 1.42 bits per heavy atom. The quantitative estimate of drug-likeness (QED) is 0.635. The first kappa shape index (κ1) is 14.1. The molecule has 1 saturated heterocycles. The van der Waals surface area contributed by atoms with Crippen LogP contribution in [0.15, 0.2) is 12.1 Å². The minimum absolute atomic E-state index is 0.155. The molecule has 1 aromatic heterocycles. The number of carbonyl (C=O) groups is 1. The number of nitrogen functional groups attached to an aromatic ring is 1. The fourth-order valence-corrected chi connectivity index (χ4v) is 2.48. The van der Waals surface area contributed by atoms with Crippen molar-refractivity contribution in [3.8, 4) is 0 Å². The number of likely N-dealkylation sites (tertiary alicyclic amines) is 1. The third-order valence-electron chi connectivity index (χ3n) is 3.21. The van der Waals surface area contributed by atoms with E-state index in [9.17, 15) is 4.79 Å². The summed E-state index contributed by atoms with van der Waals surface area (Å²) in [5.41, 5.74) is 6.01. The Morgan fingerprint density at radius 3 is 2.84 bits per heavy atom. The predicted molar refractivity (Wildman–Crippen MR) is 76.3 cm³/mol. The molecule has 0 saturated carbocycles. The first-order chi connectivity index (χ1) is 9.15. The van der Waals surface area contributed by atoms with Gasteiger partial charge in [0.15, 0.2) is 0 Å². The van der Waals surface area contributed by atoms with E-state index in [1.807, 2.05) is 0 Å². The van der Waals surface area contributed by atoms with Crippen LogP contribution in [0.5, 0.6) is 0 Å². The van der Waals surface area contributed by atoms with Crippen molar-refractivity contribution in [3.63, 3.8) is 0 Å². The van der Waals surface area contributed by atoms with E-state index in [1.54, 1.807) is 0 Å². The van der Waals surface area contributed by atoms with Crippen molar-refractivity contribution >= 4 is 23.3 Å². The zero-order valence-electron chi connectivity index (χ0n) is 10.9. The van der Waals surface area contributed by atoms with E-state index in [4.69, 9.17) is 17.3 Å². The standard InChI is InChI=1S/C13H19ClN4O/c14-11-8-10(9-12(15)17-11)13(19)16-4-3-7-18-5-1-2-6-18/h8-9H,1-7H2,(H2,15,17)(H,16,19). The molecule has 6 heteroatoms. The van der Waals surface area contributed by atoms with E-state index >= 15 is 0 Å². The number of aromatic nitrogens is 1. The highest BCUT2D eigenvalue weighted by Crippen LogP contribution is 2.12. The predicted octanol–water partition coefficient (Wildman–Crippen LogP) is 1.53. The molecular weight excluding hydrogens is 264 g/mol. The summed E-state index contributed by atoms with van der Waals surface area (Å²) in [7, 11) is 0. The molecule has 104 valence electrons. The van der Waals surface area contributed by atoms with Crippen LogP contribution >= 0.6 is 11.6 Å². The minimum atomic E-state index is -0.155. The van der Waals surface area contributed by atoms with Gasteiger partial charge in [0.1, 0.15) is 11.0 Å². The number of pyridine rings is 1. The number of halogens is 1. The number of hydrogen-bond acceptors (Lipinski definition) is 4. The van der Waals surface area contributed by atoms with Crippen molar-refractivity contribution in [3.05, 3.63) is 22.8 Å². The maximum absolute atomic E-state index is 11.9. The molecule has 1 fully saturated rings. The molecule has 0 atom stereocenters. The lowest BCUT2D eigenvalue weighted by atomic mass is 10.2. The average molecular weight is 283 g/mol. The lowest BCUT2D eigenvalue weighted by Crippen LogP contribution is -2.28. The van der Waals surface area contributed by atoms with Crippen LogP contribution < -0.4 is 11.1 Å². The first-order valence-electron chi connectivity index (χ1n) is 6.59. The van der Waals surface area contributed by atoms with Gasteiger partial charge >= 0.3 is 0 Å². The van der Waals surface area contributed by atoms with Gasteiger partial charge in [0, 0.05) is 12.1 Å². The topological polar surface area (TPSA) is 71.2 Å². The maximum Gasteiger partial charge on any atom is 0.251 e. The van der Waals surface area contributed by atoms with Gasteiger partial charge in [-0.3, -0.25) is 4.79 Å². The summed E-state index contributed by atoms with van der Waals surface area (Å²) >= 11 is 5.76. The molecule has 0 bridgehead atoms. The number of anilines is 1. The van der Waals surface area contributed by atoms with Crippen LogP contribution in [0.3, 0.4) is 0 Å². The Kier molecular flexibility index (Phi) is 4.99. The van der Waals surface area contributed by atoms with Gasteiger partial charge in [-0.05, 0) is 51.0 Å². The molecule has 1 aliphatic rings. The first-order valence-corrected chi connectivity index (χ1v) is 6.96. The molecule has 2 heterocycles. The zero-order valence-corrected chi connectivity index (χ0v) is 11.6. The van der Waals surface area contributed by atoms with Crippen LogP contribution in [-0.4, -0.2) is 42.0 Å². The van der Waals surface area contributed by atoms with Crippen molar-refractivity contribution in [1.82, 2.24) is 15.2 Å². The zero-order chi connectivity index (χ0) is 13.7. The van der Waals surface area contributed by atoms with E-state index in [1.165, 1.54) is 38.1 Å². The molecule has 0 aliphatic carbocycles. The number of amides is 1. The summed E-state index contributed by atoms with van der Waals surface area (Å²) in [5.74, 6) is 0.104. The van der Waals surface area contributed by atoms with Crippen LogP contribution in [0.25, 0.3) is 0 Å². The summed E-state index contributed by atoms with van der Waals surface area (Å²) < 4.78 is 0. The summed E-state index contributed by atoms with van der Waals surface area (Å²) in [4.78, 5) is 18.1. The van der Waals surface area contributed by atoms with Crippen LogP contribution in [0.1, 0.15) is 29.6 Å². The minimum Gasteiger partial charge on any atom is -0.384 e. The highest BCUT2D eigenvalue weighted by Gasteiger charge is 2.11. The molecule has 19 heavy (non-hydrogen) atoms. The second kappa shape index (κ2) is 6.73. The summed E-state index contributed by atoms with van der Waals surface area (Å²) in [6.45, 7) is 4.07. The lowest BCUT2D eigenvalue weighted by Gasteiger charge is -2.14. The summed E-state index contributed by atoms with van der Waals surface area (Å²) in [5, 5.41) is 3.11. The third-order valence-corrected chi connectivity index (χ3v) is 3.41. The fourth-order valence-electron chi connectivity index (χ4n) is 2.26. The molecule has 3 N–H and O–H groups in total. The van der Waals surface area contributed by atoms with Gasteiger partial charge in [0.2, 0.25) is 0 Å². The van der Waals surface area contributed by atoms with Gasteiger partial charge in [0.05, 0.1) is 0 Å². The smallest absolute Gasteiger partial charge is 0.251 e. The van der Waals surface area contributed by atoms with Gasteiger partial charge < -0.3 is 16.0 Å². The number of hydrogen-bond donors (Lipinski definition) is 2. The second-order valence-electron chi connectivity index (χ2n) is 4.76. The Balaban J connectivity index is 1.74. The number of nitrogens with one attached hydrogen (secondary N) is 1. The average Bonchev–Trinajstić information content (AvgIpc) is 2.86. The Morgan fingerprint density at radius 2 is 2.16 bits per heavy atom. The normalized spacial score (nSPS) is 15.6. The van der Waals surface area contributed by atoms with E-state index in [-0.39, 0.29) is 16.9 Å². The molecule has 1 aliphatic heterocycles. The maximum atomic E-state index is 11.9. The SMILES string of the molecule is Nc1cc(C(=O)NCCCN2CCCC2)cc(Cl)n1. The summed E-state index contributed by atoms with van der Waals surface area (Å²) in [6.07, 6.45) is 3.54. The molecule has 0 aromatic carbocycles. The fraction of sp³-hybridized carbons (Fsp3) is 0.538. The third kappa shape index (κ3) is 4.36. The highest BCUT2D eigenvalue weighted by molar-refractivity contribution is 6.29. The number of nitrogens with zero attached hydrogens (tertiary/aromatic N) is 2. The molecule has 5 nitrogen and oxygen atoms in total. The van der Waals surface area contributed by atoms with E-state index in [2.05, 4.69) is 15.2 Å². The van der Waals surface area contributed by atoms with Crippen molar-refractivity contribution in [2.45, 2.75) is 19.3 Å². The van der Waals surface area contributed by atoms with Gasteiger partial charge in [0.25, 0.3) is 5.91 Å². The van der Waals surface area contributed by atoms with Crippen molar-refractivity contribution in [2.75, 3.05) is 31.9 Å². The van der Waals surface area contributed by atoms with Crippen LogP contribution in [-0.2, 0) is 0 Å². The molecule has 0 radical (unpaired) electrons. The Hall–Kier alpha value is -1.33. The molecule has 1 amide bonds. The largest absolute Gasteiger partial charge is 0.384 e. The molecular formula is C13H19ClN4O. The second-order valence-corrected chi connectivity index (χ2v) is 5.15. The van der Waals surface area contributed by atoms with Crippen LogP contribution in [0, 0.1) is 0 Å². The molecule has 0 unspecified atom stereocenters. The van der Waals surface area contributed by atoms with Crippen molar-refractivity contribution < 1.29 is 4.79 Å². The highest BCUT2D eigenvalue weighted by atomic mass is 35.5. The van der Waals surface area contributed by atoms with E-state index < -0.39 is 0 Å². The van der Waals surface area contributed by atoms with E-state index in [0.29, 0.717) is 12.1 Å². The Bertz CT molecular complexity index is 426. The monoisotopic (exact) mass is 282 g/mol. The van der Waals surface area contributed by atoms with Crippen molar-refractivity contribution in [1.29, 1.82) is 0 Å². The molecule has 0 spiro atoms. The number of rotatable bonds is 5. The number of nitrogens with two attached hydrogens (primary N) is 1. The van der Waals surface area contributed by atoms with Gasteiger partial charge in [-0.25, -0.2) is 4.98 Å². The van der Waals surface area contributed by atoms with Crippen LogP contribution in [0.2, 0.25) is 5.15 Å². The molecule has 1 aromatic rings. The van der Waals surface area contributed by atoms with Gasteiger partial charge in [-0.1, -0.05) is 11.6 Å². The van der Waals surface area contributed by atoms with E-state index in [0.717, 1.165) is 13.0 Å². The van der Waals surface area contributed by atoms with Gasteiger partial charge in [-0.2, -0.15) is 0 Å². The van der Waals surface area contributed by atoms with Gasteiger partial charge in [-0.15, -0.1) is 0 Å². The van der Waals surface area contributed by atoms with Crippen LogP contribution in [0.4, 0.5) is 5.82 Å². The Labute approximate surface area is 118 Å². The molecule has 2 rings (SSSR count).